The lowest BCUT2D eigenvalue weighted by molar-refractivity contribution is -0.129. The number of hydrogen-bond acceptors (Lipinski definition) is 6. The van der Waals surface area contributed by atoms with Crippen LogP contribution in [0.15, 0.2) is 39.8 Å². The van der Waals surface area contributed by atoms with Crippen LogP contribution in [0.25, 0.3) is 0 Å². The Morgan fingerprint density at radius 2 is 2.08 bits per heavy atom. The van der Waals surface area contributed by atoms with Gasteiger partial charge in [-0.2, -0.15) is 4.98 Å². The summed E-state index contributed by atoms with van der Waals surface area (Å²) >= 11 is 0. The highest BCUT2D eigenvalue weighted by Gasteiger charge is 2.31. The smallest absolute Gasteiger partial charge is 0.231 e. The second-order valence-electron chi connectivity index (χ2n) is 5.89. The van der Waals surface area contributed by atoms with Gasteiger partial charge < -0.3 is 9.42 Å². The van der Waals surface area contributed by atoms with Crippen LogP contribution in [-0.2, 0) is 14.6 Å². The fraction of sp³-hybridized carbons (Fsp3) is 0.438. The Morgan fingerprint density at radius 3 is 2.75 bits per heavy atom. The molecule has 1 fully saturated rings. The Morgan fingerprint density at radius 1 is 1.33 bits per heavy atom. The van der Waals surface area contributed by atoms with Crippen LogP contribution in [0.4, 0.5) is 0 Å². The molecule has 0 aliphatic carbocycles. The van der Waals surface area contributed by atoms with Crippen LogP contribution in [0.1, 0.15) is 30.5 Å². The van der Waals surface area contributed by atoms with Crippen LogP contribution in [0.2, 0.25) is 0 Å². The first-order valence-corrected chi connectivity index (χ1v) is 9.47. The van der Waals surface area contributed by atoms with E-state index in [1.807, 2.05) is 0 Å². The summed E-state index contributed by atoms with van der Waals surface area (Å²) in [7, 11) is -3.44. The summed E-state index contributed by atoms with van der Waals surface area (Å²) < 4.78 is 29.6. The number of likely N-dealkylation sites (tertiary alicyclic amines) is 1. The van der Waals surface area contributed by atoms with E-state index in [4.69, 9.17) is 4.52 Å². The highest BCUT2D eigenvalue weighted by molar-refractivity contribution is 7.91. The number of nitrogens with zero attached hydrogens (tertiary/aromatic N) is 3. The van der Waals surface area contributed by atoms with Crippen molar-refractivity contribution < 1.29 is 17.7 Å². The molecule has 1 amide bonds. The average Bonchev–Trinajstić information content (AvgIpc) is 3.22. The second kappa shape index (κ2) is 6.72. The van der Waals surface area contributed by atoms with E-state index in [0.717, 1.165) is 6.42 Å². The van der Waals surface area contributed by atoms with Crippen molar-refractivity contribution in [2.24, 2.45) is 0 Å². The molecule has 2 aromatic rings. The maximum atomic E-state index is 12.3. The van der Waals surface area contributed by atoms with Gasteiger partial charge in [0, 0.05) is 19.5 Å². The monoisotopic (exact) mass is 349 g/mol. The van der Waals surface area contributed by atoms with Crippen molar-refractivity contribution >= 4 is 15.7 Å². The highest BCUT2D eigenvalue weighted by Crippen LogP contribution is 2.26. The predicted molar refractivity (Wildman–Crippen MR) is 86.1 cm³/mol. The van der Waals surface area contributed by atoms with E-state index in [1.54, 1.807) is 42.2 Å². The zero-order valence-corrected chi connectivity index (χ0v) is 14.2. The quantitative estimate of drug-likeness (QED) is 0.813. The standard InChI is InChI=1S/C16H19N3O4S/c1-12-17-16(23-18-12)13-7-9-19(11-13)15(20)8-10-24(21,22)14-5-3-2-4-6-14/h2-6,13H,7-11H2,1H3/t13-/m0/s1. The number of benzene rings is 1. The largest absolute Gasteiger partial charge is 0.342 e. The van der Waals surface area contributed by atoms with E-state index >= 15 is 0 Å². The molecule has 0 spiro atoms. The minimum atomic E-state index is -3.44. The molecule has 24 heavy (non-hydrogen) atoms. The first-order valence-electron chi connectivity index (χ1n) is 7.81. The van der Waals surface area contributed by atoms with Gasteiger partial charge in [-0.3, -0.25) is 4.79 Å². The van der Waals surface area contributed by atoms with Crippen LogP contribution in [0.3, 0.4) is 0 Å². The summed E-state index contributed by atoms with van der Waals surface area (Å²) in [6, 6.07) is 8.19. The van der Waals surface area contributed by atoms with Crippen molar-refractivity contribution in [3.05, 3.63) is 42.0 Å². The Kier molecular flexibility index (Phi) is 4.66. The Bertz CT molecular complexity index is 817. The van der Waals surface area contributed by atoms with E-state index in [0.29, 0.717) is 24.8 Å². The van der Waals surface area contributed by atoms with E-state index in [9.17, 15) is 13.2 Å². The van der Waals surface area contributed by atoms with E-state index in [2.05, 4.69) is 10.1 Å². The van der Waals surface area contributed by atoms with Crippen LogP contribution in [0, 0.1) is 6.92 Å². The molecular formula is C16H19N3O4S. The van der Waals surface area contributed by atoms with Crippen molar-refractivity contribution in [2.75, 3.05) is 18.8 Å². The summed E-state index contributed by atoms with van der Waals surface area (Å²) in [4.78, 5) is 18.4. The van der Waals surface area contributed by atoms with Gasteiger partial charge in [0.15, 0.2) is 15.7 Å². The predicted octanol–water partition coefficient (Wildman–Crippen LogP) is 1.56. The number of amides is 1. The molecule has 7 nitrogen and oxygen atoms in total. The fourth-order valence-electron chi connectivity index (χ4n) is 2.79. The summed E-state index contributed by atoms with van der Waals surface area (Å²) in [5.74, 6) is 0.800. The Hall–Kier alpha value is -2.22. The highest BCUT2D eigenvalue weighted by atomic mass is 32.2. The lowest BCUT2D eigenvalue weighted by Crippen LogP contribution is -2.30. The lowest BCUT2D eigenvalue weighted by atomic mass is 10.1. The molecule has 0 bridgehead atoms. The zero-order valence-electron chi connectivity index (χ0n) is 13.4. The maximum absolute atomic E-state index is 12.3. The summed E-state index contributed by atoms with van der Waals surface area (Å²) in [5, 5.41) is 3.76. The van der Waals surface area contributed by atoms with Crippen LogP contribution in [-0.4, -0.2) is 48.2 Å². The number of carbonyl (C=O) groups excluding carboxylic acids is 1. The minimum Gasteiger partial charge on any atom is -0.342 e. The Balaban J connectivity index is 1.56. The molecule has 2 heterocycles. The number of sulfone groups is 1. The first-order chi connectivity index (χ1) is 11.5. The normalized spacial score (nSPS) is 18.0. The molecule has 0 saturated carbocycles. The third kappa shape index (κ3) is 3.64. The van der Waals surface area contributed by atoms with Gasteiger partial charge in [-0.05, 0) is 25.5 Å². The summed E-state index contributed by atoms with van der Waals surface area (Å²) in [6.07, 6.45) is 0.728. The molecule has 0 N–H and O–H groups in total. The molecule has 1 aliphatic heterocycles. The van der Waals surface area contributed by atoms with Gasteiger partial charge in [0.1, 0.15) is 0 Å². The van der Waals surface area contributed by atoms with E-state index in [-0.39, 0.29) is 28.9 Å². The third-order valence-corrected chi connectivity index (χ3v) is 5.85. The molecule has 1 saturated heterocycles. The fourth-order valence-corrected chi connectivity index (χ4v) is 4.04. The van der Waals surface area contributed by atoms with Crippen LogP contribution in [0.5, 0.6) is 0 Å². The van der Waals surface area contributed by atoms with Crippen LogP contribution < -0.4 is 0 Å². The van der Waals surface area contributed by atoms with Gasteiger partial charge in [0.05, 0.1) is 16.6 Å². The molecular weight excluding hydrogens is 330 g/mol. The van der Waals surface area contributed by atoms with Gasteiger partial charge in [-0.15, -0.1) is 0 Å². The topological polar surface area (TPSA) is 93.4 Å². The third-order valence-electron chi connectivity index (χ3n) is 4.12. The lowest BCUT2D eigenvalue weighted by Gasteiger charge is -2.15. The number of rotatable bonds is 5. The van der Waals surface area contributed by atoms with Crippen molar-refractivity contribution in [3.63, 3.8) is 0 Å². The number of carbonyl (C=O) groups is 1. The first kappa shape index (κ1) is 16.6. The van der Waals surface area contributed by atoms with E-state index in [1.165, 1.54) is 0 Å². The SMILES string of the molecule is Cc1noc([C@H]2CCN(C(=O)CCS(=O)(=O)c3ccccc3)C2)n1. The molecule has 0 unspecified atom stereocenters. The van der Waals surface area contributed by atoms with E-state index < -0.39 is 9.84 Å². The maximum Gasteiger partial charge on any atom is 0.231 e. The van der Waals surface area contributed by atoms with Gasteiger partial charge in [0.25, 0.3) is 0 Å². The molecule has 128 valence electrons. The number of hydrogen-bond donors (Lipinski definition) is 0. The molecule has 1 atom stereocenters. The minimum absolute atomic E-state index is 0.0210. The second-order valence-corrected chi connectivity index (χ2v) is 8.00. The van der Waals surface area contributed by atoms with Crippen molar-refractivity contribution in [1.82, 2.24) is 15.0 Å². The van der Waals surface area contributed by atoms with Crippen molar-refractivity contribution in [1.29, 1.82) is 0 Å². The van der Waals surface area contributed by atoms with Crippen molar-refractivity contribution in [3.8, 4) is 0 Å². The van der Waals surface area contributed by atoms with Gasteiger partial charge in [-0.25, -0.2) is 8.42 Å². The summed E-state index contributed by atoms with van der Waals surface area (Å²) in [6.45, 7) is 2.82. The Labute approximate surface area is 140 Å². The van der Waals surface area contributed by atoms with Gasteiger partial charge >= 0.3 is 0 Å². The van der Waals surface area contributed by atoms with Crippen LogP contribution >= 0.6 is 0 Å². The molecule has 1 aromatic heterocycles. The average molecular weight is 349 g/mol. The number of aryl methyl sites for hydroxylation is 1. The zero-order chi connectivity index (χ0) is 17.2. The summed E-state index contributed by atoms with van der Waals surface area (Å²) in [5.41, 5.74) is 0. The molecule has 8 heteroatoms. The molecule has 1 aromatic carbocycles. The van der Waals surface area contributed by atoms with Crippen molar-refractivity contribution in [2.45, 2.75) is 30.6 Å². The number of aromatic nitrogens is 2. The molecule has 1 aliphatic rings. The van der Waals surface area contributed by atoms with Gasteiger partial charge in [0.2, 0.25) is 11.8 Å². The van der Waals surface area contributed by atoms with Gasteiger partial charge in [-0.1, -0.05) is 23.4 Å². The molecule has 0 radical (unpaired) electrons. The molecule has 3 rings (SSSR count).